The van der Waals surface area contributed by atoms with E-state index in [0.717, 1.165) is 4.68 Å². The predicted octanol–water partition coefficient (Wildman–Crippen LogP) is 0.176. The summed E-state index contributed by atoms with van der Waals surface area (Å²) in [7, 11) is 3.00. The Morgan fingerprint density at radius 3 is 2.67 bits per heavy atom. The predicted molar refractivity (Wildman–Crippen MR) is 96.2 cm³/mol. The van der Waals surface area contributed by atoms with Crippen molar-refractivity contribution in [3.63, 3.8) is 0 Å². The number of hydrogen-bond acceptors (Lipinski definition) is 6. The molecule has 0 radical (unpaired) electrons. The maximum atomic E-state index is 12.4. The number of carbonyl (C=O) groups excluding carboxylic acids is 2. The zero-order chi connectivity index (χ0) is 19.6. The minimum absolute atomic E-state index is 0.0583. The molecule has 1 N–H and O–H groups in total. The standard InChI is InChI=1S/C17H21N5O5/c1-4-20-7-8-21-15(16(20)24)19-22(17(21)25)10-14(23)18-12-6-5-11(26-2)9-13(12)27-3/h5-6,9H,4,7-8,10H2,1-3H3,(H,18,23). The highest BCUT2D eigenvalue weighted by Crippen LogP contribution is 2.28. The number of ether oxygens (including phenoxy) is 2. The van der Waals surface area contributed by atoms with Crippen molar-refractivity contribution in [1.29, 1.82) is 0 Å². The summed E-state index contributed by atoms with van der Waals surface area (Å²) < 4.78 is 12.6. The summed E-state index contributed by atoms with van der Waals surface area (Å²) in [5.41, 5.74) is -0.0421. The van der Waals surface area contributed by atoms with E-state index >= 15 is 0 Å². The molecule has 1 aromatic heterocycles. The average Bonchev–Trinajstić information content (AvgIpc) is 2.99. The Kier molecular flexibility index (Phi) is 5.15. The first kappa shape index (κ1) is 18.5. The lowest BCUT2D eigenvalue weighted by Crippen LogP contribution is -2.42. The molecular formula is C17H21N5O5. The molecule has 1 aliphatic heterocycles. The van der Waals surface area contributed by atoms with Crippen molar-refractivity contribution in [3.8, 4) is 11.5 Å². The summed E-state index contributed by atoms with van der Waals surface area (Å²) in [5.74, 6) is 0.297. The van der Waals surface area contributed by atoms with Gasteiger partial charge in [0, 0.05) is 25.7 Å². The van der Waals surface area contributed by atoms with Crippen molar-refractivity contribution in [2.24, 2.45) is 0 Å². The first-order valence-electron chi connectivity index (χ1n) is 8.47. The molecule has 0 fully saturated rings. The second kappa shape index (κ2) is 7.52. The number of anilines is 1. The maximum absolute atomic E-state index is 12.4. The zero-order valence-corrected chi connectivity index (χ0v) is 15.4. The molecule has 27 heavy (non-hydrogen) atoms. The third-order valence-corrected chi connectivity index (χ3v) is 4.35. The number of rotatable bonds is 6. The fraction of sp³-hybridized carbons (Fsp3) is 0.412. The molecule has 0 aliphatic carbocycles. The van der Waals surface area contributed by atoms with Gasteiger partial charge in [0.25, 0.3) is 5.91 Å². The highest BCUT2D eigenvalue weighted by atomic mass is 16.5. The molecule has 144 valence electrons. The summed E-state index contributed by atoms with van der Waals surface area (Å²) in [6.07, 6.45) is 0. The molecule has 1 aliphatic rings. The van der Waals surface area contributed by atoms with Gasteiger partial charge in [-0.25, -0.2) is 9.48 Å². The van der Waals surface area contributed by atoms with E-state index in [-0.39, 0.29) is 18.3 Å². The summed E-state index contributed by atoms with van der Waals surface area (Å²) in [5, 5.41) is 6.72. The molecule has 0 atom stereocenters. The smallest absolute Gasteiger partial charge is 0.346 e. The van der Waals surface area contributed by atoms with Crippen LogP contribution in [0.4, 0.5) is 5.69 Å². The van der Waals surface area contributed by atoms with Crippen molar-refractivity contribution in [2.45, 2.75) is 20.0 Å². The van der Waals surface area contributed by atoms with Crippen molar-refractivity contribution in [2.75, 3.05) is 32.6 Å². The van der Waals surface area contributed by atoms with Crippen LogP contribution in [0.15, 0.2) is 23.0 Å². The molecule has 0 bridgehead atoms. The summed E-state index contributed by atoms with van der Waals surface area (Å²) in [4.78, 5) is 38.7. The van der Waals surface area contributed by atoms with Crippen molar-refractivity contribution in [3.05, 3.63) is 34.5 Å². The average molecular weight is 375 g/mol. The van der Waals surface area contributed by atoms with E-state index in [0.29, 0.717) is 36.8 Å². The van der Waals surface area contributed by atoms with Crippen LogP contribution in [0.1, 0.15) is 17.5 Å². The number of nitrogens with zero attached hydrogens (tertiary/aromatic N) is 4. The van der Waals surface area contributed by atoms with Gasteiger partial charge in [-0.2, -0.15) is 0 Å². The highest BCUT2D eigenvalue weighted by Gasteiger charge is 2.29. The number of amides is 2. The Labute approximate surface area is 155 Å². The summed E-state index contributed by atoms with van der Waals surface area (Å²) in [6, 6.07) is 4.95. The second-order valence-electron chi connectivity index (χ2n) is 5.91. The molecule has 3 rings (SSSR count). The lowest BCUT2D eigenvalue weighted by Gasteiger charge is -2.24. The van der Waals surface area contributed by atoms with E-state index < -0.39 is 11.6 Å². The third kappa shape index (κ3) is 3.50. The van der Waals surface area contributed by atoms with E-state index in [4.69, 9.17) is 9.47 Å². The molecular weight excluding hydrogens is 354 g/mol. The van der Waals surface area contributed by atoms with Gasteiger partial charge >= 0.3 is 5.69 Å². The Morgan fingerprint density at radius 1 is 1.22 bits per heavy atom. The van der Waals surface area contributed by atoms with Crippen LogP contribution in [0.3, 0.4) is 0 Å². The molecule has 2 amide bonds. The van der Waals surface area contributed by atoms with Gasteiger partial charge in [0.05, 0.1) is 19.9 Å². The van der Waals surface area contributed by atoms with E-state index in [1.807, 2.05) is 6.92 Å². The molecule has 0 saturated heterocycles. The monoisotopic (exact) mass is 375 g/mol. The van der Waals surface area contributed by atoms with E-state index in [9.17, 15) is 14.4 Å². The molecule has 0 saturated carbocycles. The van der Waals surface area contributed by atoms with Gasteiger partial charge in [0.2, 0.25) is 11.7 Å². The van der Waals surface area contributed by atoms with Crippen LogP contribution in [-0.4, -0.2) is 58.4 Å². The van der Waals surface area contributed by atoms with Gasteiger partial charge in [-0.15, -0.1) is 5.10 Å². The molecule has 0 spiro atoms. The van der Waals surface area contributed by atoms with Crippen LogP contribution in [0, 0.1) is 0 Å². The van der Waals surface area contributed by atoms with Crippen LogP contribution in [0.25, 0.3) is 0 Å². The van der Waals surface area contributed by atoms with Gasteiger partial charge in [0.15, 0.2) is 0 Å². The topological polar surface area (TPSA) is 108 Å². The number of carbonyl (C=O) groups is 2. The van der Waals surface area contributed by atoms with Crippen molar-refractivity contribution >= 4 is 17.5 Å². The third-order valence-electron chi connectivity index (χ3n) is 4.35. The van der Waals surface area contributed by atoms with E-state index in [1.165, 1.54) is 18.8 Å². The number of fused-ring (bicyclic) bond motifs is 1. The number of nitrogens with one attached hydrogen (secondary N) is 1. The van der Waals surface area contributed by atoms with Gasteiger partial charge in [-0.05, 0) is 19.1 Å². The van der Waals surface area contributed by atoms with Crippen molar-refractivity contribution < 1.29 is 19.1 Å². The number of benzene rings is 1. The Morgan fingerprint density at radius 2 is 2.00 bits per heavy atom. The maximum Gasteiger partial charge on any atom is 0.346 e. The van der Waals surface area contributed by atoms with E-state index in [2.05, 4.69) is 10.4 Å². The number of methoxy groups -OCH3 is 2. The van der Waals surface area contributed by atoms with Gasteiger partial charge < -0.3 is 19.7 Å². The minimum Gasteiger partial charge on any atom is -0.497 e. The van der Waals surface area contributed by atoms with Crippen molar-refractivity contribution in [1.82, 2.24) is 19.2 Å². The molecule has 1 aromatic carbocycles. The molecule has 2 aromatic rings. The zero-order valence-electron chi connectivity index (χ0n) is 15.4. The number of hydrogen-bond donors (Lipinski definition) is 1. The molecule has 10 heteroatoms. The first-order valence-corrected chi connectivity index (χ1v) is 8.47. The summed E-state index contributed by atoms with van der Waals surface area (Å²) >= 11 is 0. The van der Waals surface area contributed by atoms with Gasteiger partial charge in [-0.3, -0.25) is 14.2 Å². The fourth-order valence-corrected chi connectivity index (χ4v) is 2.90. The minimum atomic E-state index is -0.481. The fourth-order valence-electron chi connectivity index (χ4n) is 2.90. The lowest BCUT2D eigenvalue weighted by atomic mass is 10.2. The first-order chi connectivity index (χ1) is 13.0. The van der Waals surface area contributed by atoms with Crippen LogP contribution in [0.2, 0.25) is 0 Å². The summed E-state index contributed by atoms with van der Waals surface area (Å²) in [6.45, 7) is 2.90. The van der Waals surface area contributed by atoms with Crippen LogP contribution >= 0.6 is 0 Å². The molecule has 10 nitrogen and oxygen atoms in total. The van der Waals surface area contributed by atoms with E-state index in [1.54, 1.807) is 23.1 Å². The molecule has 0 unspecified atom stereocenters. The normalized spacial score (nSPS) is 13.3. The highest BCUT2D eigenvalue weighted by molar-refractivity contribution is 5.93. The Hall–Kier alpha value is -3.30. The number of likely N-dealkylation sites (N-methyl/N-ethyl adjacent to an activating group) is 1. The quantitative estimate of drug-likeness (QED) is 0.772. The van der Waals surface area contributed by atoms with Gasteiger partial charge in [-0.1, -0.05) is 0 Å². The second-order valence-corrected chi connectivity index (χ2v) is 5.91. The SMILES string of the molecule is CCN1CCn2c(nn(CC(=O)Nc3ccc(OC)cc3OC)c2=O)C1=O. The van der Waals surface area contributed by atoms with Crippen LogP contribution in [-0.2, 0) is 17.9 Å². The molecule has 2 heterocycles. The number of aromatic nitrogens is 3. The van der Waals surface area contributed by atoms with Gasteiger partial charge in [0.1, 0.15) is 18.0 Å². The Bertz CT molecular complexity index is 932. The lowest BCUT2D eigenvalue weighted by molar-refractivity contribution is -0.117. The van der Waals surface area contributed by atoms with Crippen LogP contribution < -0.4 is 20.5 Å². The Balaban J connectivity index is 1.78. The largest absolute Gasteiger partial charge is 0.497 e. The van der Waals surface area contributed by atoms with Crippen LogP contribution in [0.5, 0.6) is 11.5 Å².